The molecule has 0 bridgehead atoms. The number of carbonyl (C=O) groups excluding carboxylic acids is 14. The van der Waals surface area contributed by atoms with Crippen LogP contribution in [0.3, 0.4) is 0 Å². The summed E-state index contributed by atoms with van der Waals surface area (Å²) in [6.45, 7) is 2.96. The van der Waals surface area contributed by atoms with Crippen molar-refractivity contribution in [1.82, 2.24) is 74.1 Å². The number of unbranched alkanes of at least 4 members (excludes halogenated alkanes) is 2. The fourth-order valence-corrected chi connectivity index (χ4v) is 14.3. The van der Waals surface area contributed by atoms with Crippen LogP contribution in [0.5, 0.6) is 0 Å². The minimum atomic E-state index is -1.99. The van der Waals surface area contributed by atoms with Crippen LogP contribution in [-0.4, -0.2) is 254 Å². The number of carboxylic acids is 2. The number of rotatable bonds is 26. The Morgan fingerprint density at radius 3 is 1.28 bits per heavy atom. The standard InChI is InChI=1S/C76H104N18O19S2.C2H4O2/c1-41(79)64(100)82-37-61(99)83-58-39-114-115-40-59(76(112)113)92-72(108)57(38-95)91-75(111)63(43(3)97)94-71(107)54(33-46-23-11-6-12-24-46)90-74(110)62(42(2)96)93-66(102)51(28-16-18-30-78)84-69(105)55(34-47-36-81-49-26-14-13-25-48(47)49)88-68(104)53(32-45-21-9-5-10-22-45)86-67(103)52(31-44-19-7-4-8-20-44)87-70(106)56(35-60(80)98)89-65(101)50(85-73(58)109)27-15-17-29-77;1-2(3)4/h4-14,19-26,36,41-43,50-59,62-63,81,95-97H,15-18,27-35,37-40,77-79H2,1-3H3,(H2,80,98)(H,82,100)(H,83,99)(H,84,105)(H,85,109)(H,86,103)(H,87,106)(H,88,104)(H,89,101)(H,90,110)(H,91,111)(H,92,108)(H,93,102)(H,94,107)(H,112,113);1H3,(H,3,4)/t41-,42?,43?,50-,51-,52-,53-,54-,55-,56-,57-,58-,59-,62-,63-;/m0./s1. The highest BCUT2D eigenvalue weighted by atomic mass is 33.1. The third kappa shape index (κ3) is 34.1. The molecule has 2 unspecified atom stereocenters. The van der Waals surface area contributed by atoms with Gasteiger partial charge in [-0.15, -0.1) is 0 Å². The molecule has 15 atom stereocenters. The van der Waals surface area contributed by atoms with Crippen LogP contribution in [0.4, 0.5) is 0 Å². The summed E-state index contributed by atoms with van der Waals surface area (Å²) in [6, 6.07) is 9.57. The molecule has 0 aliphatic carbocycles. The summed E-state index contributed by atoms with van der Waals surface area (Å²) >= 11 is 0. The van der Waals surface area contributed by atoms with Gasteiger partial charge in [-0.05, 0) is 101 Å². The first-order valence-corrected chi connectivity index (χ1v) is 40.8. The van der Waals surface area contributed by atoms with Crippen molar-refractivity contribution in [1.29, 1.82) is 0 Å². The van der Waals surface area contributed by atoms with E-state index in [1.54, 1.807) is 121 Å². The summed E-state index contributed by atoms with van der Waals surface area (Å²) in [7, 11) is 1.49. The smallest absolute Gasteiger partial charge is 0.327 e. The zero-order valence-electron chi connectivity index (χ0n) is 66.1. The molecule has 1 aliphatic rings. The zero-order valence-corrected chi connectivity index (χ0v) is 67.8. The lowest BCUT2D eigenvalue weighted by Gasteiger charge is -2.29. The number of nitrogens with one attached hydrogen (secondary N) is 14. The van der Waals surface area contributed by atoms with E-state index in [0.29, 0.717) is 39.6 Å². The Hall–Kier alpha value is -11.6. The molecule has 119 heavy (non-hydrogen) atoms. The predicted octanol–water partition coefficient (Wildman–Crippen LogP) is -4.82. The van der Waals surface area contributed by atoms with Gasteiger partial charge >= 0.3 is 5.97 Å². The van der Waals surface area contributed by atoms with Gasteiger partial charge in [0, 0.05) is 61.2 Å². The molecule has 0 saturated carbocycles. The van der Waals surface area contributed by atoms with E-state index in [1.165, 1.54) is 6.92 Å². The normalized spacial score (nSPS) is 23.2. The minimum absolute atomic E-state index is 0.104. The lowest BCUT2D eigenvalue weighted by Crippen LogP contribution is -2.63. The number of hydrogen-bond donors (Lipinski definition) is 23. The Kier molecular flexibility index (Phi) is 41.9. The number of benzene rings is 4. The van der Waals surface area contributed by atoms with Gasteiger partial charge < -0.3 is 123 Å². The summed E-state index contributed by atoms with van der Waals surface area (Å²) in [5, 5.41) is 83.5. The Balaban J connectivity index is 0.00000616. The Bertz CT molecular complexity index is 4240. The van der Waals surface area contributed by atoms with Gasteiger partial charge in [0.05, 0.1) is 37.8 Å². The first kappa shape index (κ1) is 98.0. The molecule has 1 aliphatic heterocycles. The average molecular weight is 1700 g/mol. The fraction of sp³-hybridized carbons (Fsp3) is 0.462. The number of para-hydroxylation sites is 1. The molecule has 1 saturated heterocycles. The number of aliphatic hydroxyl groups is 3. The van der Waals surface area contributed by atoms with Crippen LogP contribution in [0.1, 0.15) is 94.9 Å². The van der Waals surface area contributed by atoms with Gasteiger partial charge in [0.15, 0.2) is 0 Å². The van der Waals surface area contributed by atoms with Gasteiger partial charge in [0.2, 0.25) is 82.7 Å². The fourth-order valence-electron chi connectivity index (χ4n) is 11.9. The Labute approximate surface area is 693 Å². The molecule has 4 aromatic carbocycles. The van der Waals surface area contributed by atoms with Crippen molar-refractivity contribution in [2.45, 2.75) is 189 Å². The molecule has 5 aromatic rings. The number of H-pyrrole nitrogens is 1. The molecule has 1 aromatic heterocycles. The summed E-state index contributed by atoms with van der Waals surface area (Å²) in [5.41, 5.74) is 25.6. The first-order valence-electron chi connectivity index (χ1n) is 38.3. The third-order valence-electron chi connectivity index (χ3n) is 18.3. The van der Waals surface area contributed by atoms with E-state index in [9.17, 15) is 78.0 Å². The second-order valence-corrected chi connectivity index (χ2v) is 30.7. The van der Waals surface area contributed by atoms with E-state index >= 15 is 14.4 Å². The molecule has 14 amide bonds. The maximum absolute atomic E-state index is 15.4. The maximum Gasteiger partial charge on any atom is 0.327 e. The number of aromatic amines is 1. The Morgan fingerprint density at radius 2 is 0.840 bits per heavy atom. The summed E-state index contributed by atoms with van der Waals surface area (Å²) in [5.74, 6) is -18.6. The van der Waals surface area contributed by atoms with Gasteiger partial charge in [-0.3, -0.25) is 71.9 Å². The molecule has 648 valence electrons. The van der Waals surface area contributed by atoms with Crippen molar-refractivity contribution in [2.24, 2.45) is 22.9 Å². The molecule has 1 fully saturated rings. The average Bonchev–Trinajstić information content (AvgIpc) is 1.77. The van der Waals surface area contributed by atoms with Crippen LogP contribution >= 0.6 is 21.6 Å². The summed E-state index contributed by atoms with van der Waals surface area (Å²) in [4.78, 5) is 226. The largest absolute Gasteiger partial charge is 0.481 e. The van der Waals surface area contributed by atoms with Gasteiger partial charge in [-0.25, -0.2) is 4.79 Å². The van der Waals surface area contributed by atoms with Gasteiger partial charge in [0.1, 0.15) is 72.5 Å². The van der Waals surface area contributed by atoms with E-state index in [2.05, 4.69) is 74.1 Å². The lowest BCUT2D eigenvalue weighted by molar-refractivity contribution is -0.142. The molecule has 39 nitrogen and oxygen atoms in total. The lowest BCUT2D eigenvalue weighted by atomic mass is 10.00. The highest BCUT2D eigenvalue weighted by Gasteiger charge is 2.40. The van der Waals surface area contributed by atoms with Crippen molar-refractivity contribution >= 4 is 127 Å². The van der Waals surface area contributed by atoms with Gasteiger partial charge in [-0.2, -0.15) is 0 Å². The minimum Gasteiger partial charge on any atom is -0.481 e. The van der Waals surface area contributed by atoms with Crippen LogP contribution in [0.25, 0.3) is 10.9 Å². The van der Waals surface area contributed by atoms with Gasteiger partial charge in [-0.1, -0.05) is 131 Å². The van der Waals surface area contributed by atoms with Crippen LogP contribution in [0.15, 0.2) is 121 Å². The molecule has 41 heteroatoms. The van der Waals surface area contributed by atoms with E-state index in [1.807, 2.05) is 0 Å². The topological polar surface area (TPSA) is 651 Å². The van der Waals surface area contributed by atoms with Crippen molar-refractivity contribution < 1.29 is 102 Å². The van der Waals surface area contributed by atoms with Crippen LogP contribution < -0.4 is 92.1 Å². The number of aromatic nitrogens is 1. The SMILES string of the molecule is CC(=O)O.CC(O)[C@@H]1NC(=O)[C@H](Cc2ccccc2)NC(=O)[C@H](C(C)O)NC(=O)[C@H](CCCCN)NC(=O)[C@H](Cc2c[nH]c3ccccc23)NC(=O)[C@H](Cc2ccccc2)NC(=O)[C@H](Cc2ccccc2)NC(=O)[C@H](CC(N)=O)NC(=O)[C@H](CCCCN)NC(=O)[C@@H](NC(=O)CNC(=O)[C@H](C)N)CSSC[C@@H](C(=O)O)NC(=O)[C@H](CO)NC1=O. The molecular weight excluding hydrogens is 1590 g/mol. The quantitative estimate of drug-likeness (QED) is 0.0182. The maximum atomic E-state index is 15.4. The van der Waals surface area contributed by atoms with Crippen LogP contribution in [0, 0.1) is 0 Å². The number of primary amides is 1. The second kappa shape index (κ2) is 50.9. The van der Waals surface area contributed by atoms with Gasteiger partial charge in [0.25, 0.3) is 5.97 Å². The predicted molar refractivity (Wildman–Crippen MR) is 438 cm³/mol. The number of hydrogen-bond acceptors (Lipinski definition) is 24. The monoisotopic (exact) mass is 1700 g/mol. The molecule has 6 rings (SSSR count). The van der Waals surface area contributed by atoms with Crippen LogP contribution in [-0.2, 0) is 102 Å². The van der Waals surface area contributed by atoms with E-state index in [0.717, 1.165) is 42.4 Å². The number of carbonyl (C=O) groups is 16. The molecule has 0 spiro atoms. The van der Waals surface area contributed by atoms with Crippen LogP contribution in [0.2, 0.25) is 0 Å². The number of carboxylic acid groups (broad SMARTS) is 2. The number of amides is 14. The zero-order chi connectivity index (χ0) is 87.8. The third-order valence-corrected chi connectivity index (χ3v) is 20.7. The molecule has 2 heterocycles. The number of aliphatic hydroxyl groups excluding tert-OH is 3. The number of nitrogens with two attached hydrogens (primary N) is 4. The van der Waals surface area contributed by atoms with E-state index in [4.69, 9.17) is 32.8 Å². The van der Waals surface area contributed by atoms with Crippen molar-refractivity contribution in [3.8, 4) is 0 Å². The first-order chi connectivity index (χ1) is 56.6. The summed E-state index contributed by atoms with van der Waals surface area (Å²) < 4.78 is 0. The second-order valence-electron chi connectivity index (χ2n) is 28.1. The van der Waals surface area contributed by atoms with E-state index < -0.39 is 216 Å². The molecule has 0 radical (unpaired) electrons. The highest BCUT2D eigenvalue weighted by Crippen LogP contribution is 2.25. The van der Waals surface area contributed by atoms with Crippen molar-refractivity contribution in [2.75, 3.05) is 37.7 Å². The number of fused-ring (bicyclic) bond motifs is 1. The molecular formula is C78H108N18O21S2. The molecule has 27 N–H and O–H groups in total. The summed E-state index contributed by atoms with van der Waals surface area (Å²) in [6.07, 6.45) is -3.48. The number of aliphatic carboxylic acids is 2. The van der Waals surface area contributed by atoms with Crippen molar-refractivity contribution in [3.05, 3.63) is 144 Å². The van der Waals surface area contributed by atoms with Crippen molar-refractivity contribution in [3.63, 3.8) is 0 Å². The van der Waals surface area contributed by atoms with E-state index in [-0.39, 0.29) is 70.9 Å². The highest BCUT2D eigenvalue weighted by molar-refractivity contribution is 8.76. The Morgan fingerprint density at radius 1 is 0.471 bits per heavy atom.